The van der Waals surface area contributed by atoms with Crippen molar-refractivity contribution in [3.05, 3.63) is 121 Å². The Bertz CT molecular complexity index is 1800. The summed E-state index contributed by atoms with van der Waals surface area (Å²) in [5.41, 5.74) is 6.66. The molecule has 0 aliphatic rings. The molecule has 2 N–H and O–H groups in total. The molecule has 0 aliphatic carbocycles. The van der Waals surface area contributed by atoms with E-state index in [0.29, 0.717) is 0 Å². The number of fused-ring (bicyclic) bond motifs is 2. The van der Waals surface area contributed by atoms with E-state index in [1.807, 2.05) is 123 Å². The SMILES string of the molecule is CNc1ccc(/N=N/c2ccc(/N=N/c3ccc(/N=N/c4ccc(NC)c5ccccc45)cc3)cc2)c2ccccc12. The van der Waals surface area contributed by atoms with E-state index in [0.717, 1.165) is 67.0 Å². The summed E-state index contributed by atoms with van der Waals surface area (Å²) in [5.74, 6) is 0. The molecular weight excluding hydrogens is 520 g/mol. The van der Waals surface area contributed by atoms with Gasteiger partial charge in [-0.25, -0.2) is 0 Å². The fourth-order valence-corrected chi connectivity index (χ4v) is 4.69. The van der Waals surface area contributed by atoms with Crippen molar-refractivity contribution in [3.8, 4) is 0 Å². The number of benzene rings is 6. The van der Waals surface area contributed by atoms with Crippen molar-refractivity contribution in [2.24, 2.45) is 30.7 Å². The van der Waals surface area contributed by atoms with Crippen LogP contribution < -0.4 is 10.6 Å². The molecule has 0 spiro atoms. The molecule has 204 valence electrons. The van der Waals surface area contributed by atoms with Crippen LogP contribution in [0.15, 0.2) is 152 Å². The maximum Gasteiger partial charge on any atom is 0.0936 e. The molecule has 0 amide bonds. The highest BCUT2D eigenvalue weighted by atomic mass is 15.1. The van der Waals surface area contributed by atoms with Gasteiger partial charge in [0.05, 0.1) is 34.1 Å². The molecule has 8 nitrogen and oxygen atoms in total. The van der Waals surface area contributed by atoms with Gasteiger partial charge < -0.3 is 10.6 Å². The van der Waals surface area contributed by atoms with E-state index < -0.39 is 0 Å². The molecule has 6 aromatic carbocycles. The summed E-state index contributed by atoms with van der Waals surface area (Å²) < 4.78 is 0. The van der Waals surface area contributed by atoms with E-state index >= 15 is 0 Å². The highest BCUT2D eigenvalue weighted by molar-refractivity contribution is 6.01. The van der Waals surface area contributed by atoms with Crippen LogP contribution >= 0.6 is 0 Å². The van der Waals surface area contributed by atoms with Crippen LogP contribution in [0.25, 0.3) is 21.5 Å². The number of anilines is 2. The smallest absolute Gasteiger partial charge is 0.0936 e. The monoisotopic (exact) mass is 548 g/mol. The molecular formula is C34H28N8. The van der Waals surface area contributed by atoms with E-state index in [9.17, 15) is 0 Å². The second kappa shape index (κ2) is 12.2. The average Bonchev–Trinajstić information content (AvgIpc) is 3.06. The van der Waals surface area contributed by atoms with Gasteiger partial charge >= 0.3 is 0 Å². The zero-order chi connectivity index (χ0) is 28.7. The van der Waals surface area contributed by atoms with Crippen molar-refractivity contribution in [1.82, 2.24) is 0 Å². The van der Waals surface area contributed by atoms with Crippen molar-refractivity contribution in [1.29, 1.82) is 0 Å². The highest BCUT2D eigenvalue weighted by Gasteiger charge is 2.05. The van der Waals surface area contributed by atoms with Crippen LogP contribution in [0.1, 0.15) is 0 Å². The van der Waals surface area contributed by atoms with Crippen molar-refractivity contribution in [2.45, 2.75) is 0 Å². The van der Waals surface area contributed by atoms with E-state index in [4.69, 9.17) is 0 Å². The van der Waals surface area contributed by atoms with Gasteiger partial charge in [-0.2, -0.15) is 20.5 Å². The number of rotatable bonds is 8. The molecule has 0 atom stereocenters. The molecule has 0 fully saturated rings. The maximum atomic E-state index is 4.49. The fourth-order valence-electron chi connectivity index (χ4n) is 4.69. The van der Waals surface area contributed by atoms with Crippen LogP contribution in [-0.2, 0) is 0 Å². The Hall–Kier alpha value is -5.76. The third-order valence-corrected chi connectivity index (χ3v) is 6.87. The van der Waals surface area contributed by atoms with E-state index in [-0.39, 0.29) is 0 Å². The lowest BCUT2D eigenvalue weighted by molar-refractivity contribution is 1.21. The van der Waals surface area contributed by atoms with Gasteiger partial charge in [-0.3, -0.25) is 0 Å². The standard InChI is InChI=1S/C34H28N8/c1-35-31-19-21-33(29-9-5-3-7-27(29)31)41-39-25-15-11-23(12-16-25)37-38-24-13-17-26(18-14-24)40-42-34-22-20-32(36-2)28-8-4-6-10-30(28)34/h3-22,35-36H,1-2H3/b38-37+,41-39+,42-40+. The first-order chi connectivity index (χ1) is 20.7. The molecule has 0 saturated carbocycles. The molecule has 0 saturated heterocycles. The Morgan fingerprint density at radius 1 is 0.333 bits per heavy atom. The predicted octanol–water partition coefficient (Wildman–Crippen LogP) is 11.3. The minimum absolute atomic E-state index is 0.721. The third kappa shape index (κ3) is 5.73. The van der Waals surface area contributed by atoms with Gasteiger partial charge in [0.15, 0.2) is 0 Å². The zero-order valence-electron chi connectivity index (χ0n) is 23.2. The Morgan fingerprint density at radius 3 is 0.976 bits per heavy atom. The first-order valence-electron chi connectivity index (χ1n) is 13.6. The average molecular weight is 549 g/mol. The van der Waals surface area contributed by atoms with E-state index in [2.05, 4.69) is 53.5 Å². The zero-order valence-corrected chi connectivity index (χ0v) is 23.2. The highest BCUT2D eigenvalue weighted by Crippen LogP contribution is 2.34. The fraction of sp³-hybridized carbons (Fsp3) is 0.0588. The number of nitrogens with one attached hydrogen (secondary N) is 2. The van der Waals surface area contributed by atoms with Crippen molar-refractivity contribution < 1.29 is 0 Å². The number of azo groups is 3. The van der Waals surface area contributed by atoms with Crippen molar-refractivity contribution in [2.75, 3.05) is 24.7 Å². The minimum atomic E-state index is 0.721. The van der Waals surface area contributed by atoms with Crippen LogP contribution in [0.3, 0.4) is 0 Å². The first kappa shape index (κ1) is 26.5. The summed E-state index contributed by atoms with van der Waals surface area (Å²) in [6.07, 6.45) is 0. The Balaban J connectivity index is 1.12. The lowest BCUT2D eigenvalue weighted by Crippen LogP contribution is -1.88. The van der Waals surface area contributed by atoms with Gasteiger partial charge in [-0.1, -0.05) is 48.5 Å². The molecule has 0 aromatic heterocycles. The molecule has 0 aliphatic heterocycles. The van der Waals surface area contributed by atoms with Gasteiger partial charge in [0.25, 0.3) is 0 Å². The summed E-state index contributed by atoms with van der Waals surface area (Å²) in [5, 5.41) is 37.3. The Morgan fingerprint density at radius 2 is 0.643 bits per heavy atom. The molecule has 0 heterocycles. The molecule has 0 bridgehead atoms. The molecule has 0 unspecified atom stereocenters. The quantitative estimate of drug-likeness (QED) is 0.185. The molecule has 8 heteroatoms. The lowest BCUT2D eigenvalue weighted by atomic mass is 10.1. The number of nitrogens with zero attached hydrogens (tertiary/aromatic N) is 6. The van der Waals surface area contributed by atoms with Gasteiger partial charge in [0, 0.05) is 47.0 Å². The van der Waals surface area contributed by atoms with E-state index in [1.54, 1.807) is 0 Å². The summed E-state index contributed by atoms with van der Waals surface area (Å²) >= 11 is 0. The summed E-state index contributed by atoms with van der Waals surface area (Å²) in [6.45, 7) is 0. The van der Waals surface area contributed by atoms with Gasteiger partial charge in [-0.05, 0) is 72.8 Å². The minimum Gasteiger partial charge on any atom is -0.388 e. The second-order valence-corrected chi connectivity index (χ2v) is 9.49. The maximum absolute atomic E-state index is 4.49. The van der Waals surface area contributed by atoms with Crippen LogP contribution in [0.2, 0.25) is 0 Å². The van der Waals surface area contributed by atoms with Gasteiger partial charge in [0.2, 0.25) is 0 Å². The Kier molecular flexibility index (Phi) is 7.67. The summed E-state index contributed by atoms with van der Waals surface area (Å²) in [4.78, 5) is 0. The molecule has 6 rings (SSSR count). The van der Waals surface area contributed by atoms with Gasteiger partial charge in [0.1, 0.15) is 0 Å². The number of hydrogen-bond donors (Lipinski definition) is 2. The normalized spacial score (nSPS) is 11.8. The Labute approximate surface area is 243 Å². The summed E-state index contributed by atoms with van der Waals surface area (Å²) in [7, 11) is 3.83. The third-order valence-electron chi connectivity index (χ3n) is 6.87. The van der Waals surface area contributed by atoms with Crippen LogP contribution in [0, 0.1) is 0 Å². The van der Waals surface area contributed by atoms with Crippen molar-refractivity contribution >= 4 is 67.0 Å². The second-order valence-electron chi connectivity index (χ2n) is 9.49. The molecule has 6 aromatic rings. The predicted molar refractivity (Wildman–Crippen MR) is 172 cm³/mol. The molecule has 0 radical (unpaired) electrons. The van der Waals surface area contributed by atoms with Crippen LogP contribution in [-0.4, -0.2) is 14.1 Å². The van der Waals surface area contributed by atoms with Crippen molar-refractivity contribution in [3.63, 3.8) is 0 Å². The lowest BCUT2D eigenvalue weighted by Gasteiger charge is -2.07. The topological polar surface area (TPSA) is 98.2 Å². The summed E-state index contributed by atoms with van der Waals surface area (Å²) in [6, 6.07) is 39.2. The van der Waals surface area contributed by atoms with Gasteiger partial charge in [-0.15, -0.1) is 10.2 Å². The largest absolute Gasteiger partial charge is 0.388 e. The molecule has 42 heavy (non-hydrogen) atoms. The number of hydrogen-bond acceptors (Lipinski definition) is 8. The van der Waals surface area contributed by atoms with Crippen LogP contribution in [0.4, 0.5) is 45.5 Å². The van der Waals surface area contributed by atoms with E-state index in [1.165, 1.54) is 0 Å². The first-order valence-corrected chi connectivity index (χ1v) is 13.6. The van der Waals surface area contributed by atoms with Crippen LogP contribution in [0.5, 0.6) is 0 Å².